The Balaban J connectivity index is 1.64. The van der Waals surface area contributed by atoms with Crippen molar-refractivity contribution in [1.29, 1.82) is 0 Å². The Hall–Kier alpha value is -3.73. The normalized spacial score (nSPS) is 13.4. The van der Waals surface area contributed by atoms with Crippen LogP contribution in [0.1, 0.15) is 21.5 Å². The first-order chi connectivity index (χ1) is 13.6. The molecule has 138 valence electrons. The highest BCUT2D eigenvalue weighted by atomic mass is 16.5. The van der Waals surface area contributed by atoms with Gasteiger partial charge >= 0.3 is 5.97 Å². The number of hydrogen-bond donors (Lipinski definition) is 0. The van der Waals surface area contributed by atoms with Crippen molar-refractivity contribution in [2.24, 2.45) is 0 Å². The van der Waals surface area contributed by atoms with E-state index in [1.165, 1.54) is 18.1 Å². The zero-order valence-electron chi connectivity index (χ0n) is 15.2. The molecule has 0 saturated heterocycles. The molecule has 0 fully saturated rings. The van der Waals surface area contributed by atoms with Gasteiger partial charge in [-0.2, -0.15) is 0 Å². The molecular weight excluding hydrogens is 354 g/mol. The molecule has 5 nitrogen and oxygen atoms in total. The Labute approximate surface area is 161 Å². The van der Waals surface area contributed by atoms with Crippen LogP contribution < -0.4 is 4.90 Å². The van der Waals surface area contributed by atoms with Gasteiger partial charge in [0, 0.05) is 6.08 Å². The van der Waals surface area contributed by atoms with Crippen molar-refractivity contribution in [2.75, 3.05) is 12.0 Å². The highest BCUT2D eigenvalue weighted by Gasteiger charge is 2.35. The summed E-state index contributed by atoms with van der Waals surface area (Å²) in [5.74, 6) is -1.57. The first-order valence-corrected chi connectivity index (χ1v) is 8.81. The van der Waals surface area contributed by atoms with Crippen LogP contribution in [0.15, 0.2) is 66.7 Å². The van der Waals surface area contributed by atoms with Crippen LogP contribution in [0.2, 0.25) is 0 Å². The van der Waals surface area contributed by atoms with E-state index in [9.17, 15) is 14.4 Å². The molecular formula is C23H17NO4. The average Bonchev–Trinajstić information content (AvgIpc) is 2.96. The third kappa shape index (κ3) is 3.18. The molecule has 28 heavy (non-hydrogen) atoms. The van der Waals surface area contributed by atoms with E-state index in [-0.39, 0.29) is 0 Å². The Morgan fingerprint density at radius 2 is 1.79 bits per heavy atom. The van der Waals surface area contributed by atoms with Gasteiger partial charge in [0.25, 0.3) is 11.7 Å². The summed E-state index contributed by atoms with van der Waals surface area (Å²) in [7, 11) is 1.29. The summed E-state index contributed by atoms with van der Waals surface area (Å²) in [6, 6.07) is 19.1. The van der Waals surface area contributed by atoms with Crippen LogP contribution in [0, 0.1) is 0 Å². The average molecular weight is 371 g/mol. The molecule has 0 radical (unpaired) electrons. The van der Waals surface area contributed by atoms with Crippen molar-refractivity contribution >= 4 is 40.2 Å². The number of fused-ring (bicyclic) bond motifs is 2. The van der Waals surface area contributed by atoms with Gasteiger partial charge in [0.1, 0.15) is 0 Å². The monoisotopic (exact) mass is 371 g/mol. The predicted molar refractivity (Wildman–Crippen MR) is 107 cm³/mol. The van der Waals surface area contributed by atoms with E-state index in [0.717, 1.165) is 16.3 Å². The van der Waals surface area contributed by atoms with Crippen molar-refractivity contribution in [3.8, 4) is 0 Å². The quantitative estimate of drug-likeness (QED) is 0.398. The van der Waals surface area contributed by atoms with Gasteiger partial charge < -0.3 is 9.64 Å². The molecule has 1 amide bonds. The van der Waals surface area contributed by atoms with Crippen LogP contribution in [-0.2, 0) is 20.9 Å². The molecule has 1 aliphatic rings. The van der Waals surface area contributed by atoms with E-state index in [2.05, 4.69) is 4.74 Å². The molecule has 0 spiro atoms. The van der Waals surface area contributed by atoms with Gasteiger partial charge in [-0.1, -0.05) is 42.5 Å². The minimum Gasteiger partial charge on any atom is -0.466 e. The number of ketones is 1. The number of anilines is 1. The maximum Gasteiger partial charge on any atom is 0.330 e. The second-order valence-corrected chi connectivity index (χ2v) is 6.54. The highest BCUT2D eigenvalue weighted by Crippen LogP contribution is 2.32. The maximum absolute atomic E-state index is 12.5. The lowest BCUT2D eigenvalue weighted by Gasteiger charge is -2.17. The largest absolute Gasteiger partial charge is 0.466 e. The number of esters is 1. The van der Waals surface area contributed by atoms with Gasteiger partial charge in [0.15, 0.2) is 0 Å². The molecule has 4 rings (SSSR count). The fourth-order valence-corrected chi connectivity index (χ4v) is 3.33. The standard InChI is InChI=1S/C23H17NO4/c1-28-21(25)11-8-15-7-10-20-19(13-15)22(26)23(27)24(20)14-16-6-9-17-4-2-3-5-18(17)12-16/h2-13H,14H2,1H3/b11-8+. The molecule has 0 aromatic heterocycles. The van der Waals surface area contributed by atoms with E-state index in [1.807, 2.05) is 42.5 Å². The van der Waals surface area contributed by atoms with Gasteiger partial charge in [0.2, 0.25) is 0 Å². The van der Waals surface area contributed by atoms with Crippen LogP contribution in [0.25, 0.3) is 16.8 Å². The molecule has 0 bridgehead atoms. The molecule has 3 aromatic rings. The fraction of sp³-hybridized carbons (Fsp3) is 0.0870. The third-order valence-corrected chi connectivity index (χ3v) is 4.76. The number of hydrogen-bond acceptors (Lipinski definition) is 4. The zero-order valence-corrected chi connectivity index (χ0v) is 15.2. The van der Waals surface area contributed by atoms with Gasteiger partial charge in [-0.25, -0.2) is 4.79 Å². The summed E-state index contributed by atoms with van der Waals surface area (Å²) in [5.41, 5.74) is 2.52. The number of benzene rings is 3. The van der Waals surface area contributed by atoms with E-state index < -0.39 is 17.7 Å². The van der Waals surface area contributed by atoms with Gasteiger partial charge in [0.05, 0.1) is 24.9 Å². The topological polar surface area (TPSA) is 63.7 Å². The smallest absolute Gasteiger partial charge is 0.330 e. The zero-order chi connectivity index (χ0) is 19.7. The first kappa shape index (κ1) is 17.7. The summed E-state index contributed by atoms with van der Waals surface area (Å²) >= 11 is 0. The number of rotatable bonds is 4. The van der Waals surface area contributed by atoms with Crippen molar-refractivity contribution in [2.45, 2.75) is 6.54 Å². The van der Waals surface area contributed by atoms with Crippen molar-refractivity contribution < 1.29 is 19.1 Å². The molecule has 1 aliphatic heterocycles. The molecule has 1 heterocycles. The minimum absolute atomic E-state index is 0.319. The van der Waals surface area contributed by atoms with Crippen molar-refractivity contribution in [1.82, 2.24) is 0 Å². The fourth-order valence-electron chi connectivity index (χ4n) is 3.33. The predicted octanol–water partition coefficient (Wildman–Crippen LogP) is 3.76. The molecule has 3 aromatic carbocycles. The number of amides is 1. The van der Waals surface area contributed by atoms with Crippen molar-refractivity contribution in [3.63, 3.8) is 0 Å². The summed E-state index contributed by atoms with van der Waals surface area (Å²) < 4.78 is 4.56. The molecule has 5 heteroatoms. The SMILES string of the molecule is COC(=O)/C=C/c1ccc2c(c1)C(=O)C(=O)N2Cc1ccc2ccccc2c1. The number of methoxy groups -OCH3 is 1. The molecule has 0 N–H and O–H groups in total. The molecule has 0 saturated carbocycles. The molecule has 0 aliphatic carbocycles. The van der Waals surface area contributed by atoms with Crippen LogP contribution in [-0.4, -0.2) is 24.8 Å². The first-order valence-electron chi connectivity index (χ1n) is 8.81. The summed E-state index contributed by atoms with van der Waals surface area (Å²) in [6.07, 6.45) is 2.83. The number of carbonyl (C=O) groups excluding carboxylic acids is 3. The number of nitrogens with zero attached hydrogens (tertiary/aromatic N) is 1. The third-order valence-electron chi connectivity index (χ3n) is 4.76. The Bertz CT molecular complexity index is 1150. The highest BCUT2D eigenvalue weighted by molar-refractivity contribution is 6.52. The van der Waals surface area contributed by atoms with E-state index in [4.69, 9.17) is 0 Å². The maximum atomic E-state index is 12.5. The minimum atomic E-state index is -0.544. The summed E-state index contributed by atoms with van der Waals surface area (Å²) in [5, 5.41) is 2.21. The van der Waals surface area contributed by atoms with Gasteiger partial charge in [-0.3, -0.25) is 9.59 Å². The van der Waals surface area contributed by atoms with Crippen LogP contribution in [0.5, 0.6) is 0 Å². The van der Waals surface area contributed by atoms with Crippen molar-refractivity contribution in [3.05, 3.63) is 83.4 Å². The van der Waals surface area contributed by atoms with Crippen LogP contribution in [0.4, 0.5) is 5.69 Å². The number of carbonyl (C=O) groups is 3. The lowest BCUT2D eigenvalue weighted by Crippen LogP contribution is -2.29. The van der Waals surface area contributed by atoms with E-state index in [1.54, 1.807) is 24.3 Å². The van der Waals surface area contributed by atoms with E-state index >= 15 is 0 Å². The second-order valence-electron chi connectivity index (χ2n) is 6.54. The number of Topliss-reactive ketones (excluding diaryl/α,β-unsaturated/α-hetero) is 1. The van der Waals surface area contributed by atoms with E-state index in [0.29, 0.717) is 23.4 Å². The lowest BCUT2D eigenvalue weighted by molar-refractivity contribution is -0.134. The molecule has 0 atom stereocenters. The Morgan fingerprint density at radius 3 is 2.57 bits per heavy atom. The van der Waals surface area contributed by atoms with Gasteiger partial charge in [-0.15, -0.1) is 0 Å². The summed E-state index contributed by atoms with van der Waals surface area (Å²) in [4.78, 5) is 37.7. The Morgan fingerprint density at radius 1 is 1.00 bits per heavy atom. The Kier molecular flexibility index (Phi) is 4.49. The van der Waals surface area contributed by atoms with Crippen LogP contribution in [0.3, 0.4) is 0 Å². The lowest BCUT2D eigenvalue weighted by atomic mass is 10.1. The van der Waals surface area contributed by atoms with Crippen LogP contribution >= 0.6 is 0 Å². The number of ether oxygens (including phenoxy) is 1. The summed E-state index contributed by atoms with van der Waals surface area (Å²) in [6.45, 7) is 0.319. The van der Waals surface area contributed by atoms with Gasteiger partial charge in [-0.05, 0) is 46.2 Å². The molecule has 0 unspecified atom stereocenters. The second kappa shape index (κ2) is 7.12.